The number of nitrogens with one attached hydrogen (secondary N) is 1. The minimum absolute atomic E-state index is 0.175. The molecule has 4 nitrogen and oxygen atoms in total. The molecule has 0 aromatic heterocycles. The molecule has 5 heteroatoms. The van der Waals surface area contributed by atoms with Crippen molar-refractivity contribution < 1.29 is 8.42 Å². The van der Waals surface area contributed by atoms with E-state index in [1.807, 2.05) is 7.05 Å². The molecular formula is C14H28N2O2S. The number of nitrogens with zero attached hydrogens (tertiary/aromatic N) is 1. The van der Waals surface area contributed by atoms with Crippen LogP contribution in [0.1, 0.15) is 39.0 Å². The fraction of sp³-hybridized carbons (Fsp3) is 1.00. The van der Waals surface area contributed by atoms with E-state index in [2.05, 4.69) is 17.1 Å². The lowest BCUT2D eigenvalue weighted by atomic mass is 9.73. The minimum atomic E-state index is -2.80. The Balaban J connectivity index is 2.01. The Bertz CT molecular complexity index is 383. The molecule has 0 aromatic rings. The summed E-state index contributed by atoms with van der Waals surface area (Å²) in [6, 6.07) is 0.175. The van der Waals surface area contributed by atoms with Crippen molar-refractivity contribution in [3.8, 4) is 0 Å². The van der Waals surface area contributed by atoms with Gasteiger partial charge in [-0.3, -0.25) is 4.90 Å². The molecule has 1 unspecified atom stereocenters. The molecule has 2 aliphatic rings. The van der Waals surface area contributed by atoms with Crippen LogP contribution in [0.15, 0.2) is 0 Å². The average molecular weight is 288 g/mol. The molecule has 1 saturated heterocycles. The number of sulfone groups is 1. The van der Waals surface area contributed by atoms with Gasteiger partial charge in [-0.05, 0) is 32.2 Å². The maximum Gasteiger partial charge on any atom is 0.153 e. The van der Waals surface area contributed by atoms with Crippen LogP contribution in [-0.4, -0.2) is 57.5 Å². The molecule has 1 aliphatic carbocycles. The summed E-state index contributed by atoms with van der Waals surface area (Å²) < 4.78 is 23.3. The predicted molar refractivity (Wildman–Crippen MR) is 79.1 cm³/mol. The Hall–Kier alpha value is -0.130. The van der Waals surface area contributed by atoms with Crippen molar-refractivity contribution in [3.05, 3.63) is 0 Å². The highest BCUT2D eigenvalue weighted by atomic mass is 32.2. The molecule has 1 saturated carbocycles. The quantitative estimate of drug-likeness (QED) is 0.846. The number of hydrogen-bond acceptors (Lipinski definition) is 4. The lowest BCUT2D eigenvalue weighted by molar-refractivity contribution is 0.0872. The second-order valence-corrected chi connectivity index (χ2v) is 8.75. The van der Waals surface area contributed by atoms with E-state index < -0.39 is 9.84 Å². The van der Waals surface area contributed by atoms with E-state index in [1.54, 1.807) is 0 Å². The topological polar surface area (TPSA) is 49.4 Å². The summed E-state index contributed by atoms with van der Waals surface area (Å²) in [5, 5.41) is 3.35. The Morgan fingerprint density at radius 3 is 2.53 bits per heavy atom. The zero-order valence-electron chi connectivity index (χ0n) is 12.3. The summed E-state index contributed by atoms with van der Waals surface area (Å²) in [7, 11) is -0.767. The van der Waals surface area contributed by atoms with Crippen molar-refractivity contribution in [2.24, 2.45) is 5.41 Å². The van der Waals surface area contributed by atoms with Gasteiger partial charge in [-0.2, -0.15) is 0 Å². The Morgan fingerprint density at radius 1 is 1.26 bits per heavy atom. The first-order valence-electron chi connectivity index (χ1n) is 7.55. The van der Waals surface area contributed by atoms with E-state index in [9.17, 15) is 8.42 Å². The summed E-state index contributed by atoms with van der Waals surface area (Å²) in [6.45, 7) is 4.90. The molecule has 112 valence electrons. The standard InChI is InChI=1S/C14H28N2O2S/c1-13-10-19(17,18)9-8-16(13)12-14(11-15-2)6-4-3-5-7-14/h13,15H,3-12H2,1-2H3. The molecular weight excluding hydrogens is 260 g/mol. The van der Waals surface area contributed by atoms with Gasteiger partial charge in [0.05, 0.1) is 11.5 Å². The number of hydrogen-bond donors (Lipinski definition) is 1. The van der Waals surface area contributed by atoms with Gasteiger partial charge >= 0.3 is 0 Å². The molecule has 2 rings (SSSR count). The zero-order chi connectivity index (χ0) is 13.9. The minimum Gasteiger partial charge on any atom is -0.319 e. The second-order valence-electron chi connectivity index (χ2n) is 6.52. The molecule has 1 heterocycles. The van der Waals surface area contributed by atoms with Crippen LogP contribution < -0.4 is 5.32 Å². The van der Waals surface area contributed by atoms with E-state index >= 15 is 0 Å². The third-order valence-electron chi connectivity index (χ3n) is 4.81. The lowest BCUT2D eigenvalue weighted by Crippen LogP contribution is -2.53. The molecule has 1 atom stereocenters. The van der Waals surface area contributed by atoms with Crippen LogP contribution in [0.4, 0.5) is 0 Å². The second kappa shape index (κ2) is 6.10. The van der Waals surface area contributed by atoms with E-state index in [1.165, 1.54) is 32.1 Å². The molecule has 0 amide bonds. The van der Waals surface area contributed by atoms with Crippen LogP contribution in [0.25, 0.3) is 0 Å². The highest BCUT2D eigenvalue weighted by molar-refractivity contribution is 7.91. The van der Waals surface area contributed by atoms with Crippen molar-refractivity contribution >= 4 is 9.84 Å². The Kier molecular flexibility index (Phi) is 4.90. The normalized spacial score (nSPS) is 31.2. The summed E-state index contributed by atoms with van der Waals surface area (Å²) in [5.74, 6) is 0.676. The van der Waals surface area contributed by atoms with E-state index in [-0.39, 0.29) is 6.04 Å². The van der Waals surface area contributed by atoms with E-state index in [0.29, 0.717) is 16.9 Å². The third kappa shape index (κ3) is 3.92. The van der Waals surface area contributed by atoms with Crippen molar-refractivity contribution in [2.45, 2.75) is 45.1 Å². The number of rotatable bonds is 4. The maximum absolute atomic E-state index is 11.7. The van der Waals surface area contributed by atoms with Crippen molar-refractivity contribution in [1.29, 1.82) is 0 Å². The molecule has 1 N–H and O–H groups in total. The van der Waals surface area contributed by atoms with Crippen LogP contribution in [0.3, 0.4) is 0 Å². The van der Waals surface area contributed by atoms with Crippen LogP contribution in [0, 0.1) is 5.41 Å². The smallest absolute Gasteiger partial charge is 0.153 e. The highest BCUT2D eigenvalue weighted by Crippen LogP contribution is 2.37. The van der Waals surface area contributed by atoms with Crippen molar-refractivity contribution in [1.82, 2.24) is 10.2 Å². The SMILES string of the molecule is CNCC1(CN2CCS(=O)(=O)CC2C)CCCCC1. The molecule has 0 spiro atoms. The van der Waals surface area contributed by atoms with Gasteiger partial charge in [0.1, 0.15) is 0 Å². The average Bonchev–Trinajstić information content (AvgIpc) is 2.34. The van der Waals surface area contributed by atoms with Gasteiger partial charge in [-0.15, -0.1) is 0 Å². The molecule has 0 aromatic carbocycles. The van der Waals surface area contributed by atoms with E-state index in [0.717, 1.165) is 19.6 Å². The summed E-state index contributed by atoms with van der Waals surface area (Å²) in [5.41, 5.74) is 0.363. The molecule has 0 bridgehead atoms. The fourth-order valence-corrected chi connectivity index (χ4v) is 5.39. The third-order valence-corrected chi connectivity index (χ3v) is 6.61. The monoisotopic (exact) mass is 288 g/mol. The summed E-state index contributed by atoms with van der Waals surface area (Å²) in [4.78, 5) is 2.41. The zero-order valence-corrected chi connectivity index (χ0v) is 13.1. The Morgan fingerprint density at radius 2 is 1.95 bits per heavy atom. The van der Waals surface area contributed by atoms with Crippen LogP contribution in [-0.2, 0) is 9.84 Å². The van der Waals surface area contributed by atoms with E-state index in [4.69, 9.17) is 0 Å². The predicted octanol–water partition coefficient (Wildman–Crippen LogP) is 1.28. The largest absolute Gasteiger partial charge is 0.319 e. The van der Waals surface area contributed by atoms with Gasteiger partial charge in [-0.25, -0.2) is 8.42 Å². The first kappa shape index (κ1) is 15.3. The van der Waals surface area contributed by atoms with Crippen molar-refractivity contribution in [2.75, 3.05) is 38.2 Å². The van der Waals surface area contributed by atoms with Crippen molar-refractivity contribution in [3.63, 3.8) is 0 Å². The molecule has 2 fully saturated rings. The summed E-state index contributed by atoms with van der Waals surface area (Å²) >= 11 is 0. The lowest BCUT2D eigenvalue weighted by Gasteiger charge is -2.44. The highest BCUT2D eigenvalue weighted by Gasteiger charge is 2.37. The van der Waals surface area contributed by atoms with Gasteiger partial charge in [0.15, 0.2) is 9.84 Å². The maximum atomic E-state index is 11.7. The van der Waals surface area contributed by atoms with Crippen LogP contribution in [0.5, 0.6) is 0 Å². The molecule has 19 heavy (non-hydrogen) atoms. The van der Waals surface area contributed by atoms with Gasteiger partial charge in [0.25, 0.3) is 0 Å². The first-order valence-corrected chi connectivity index (χ1v) is 9.38. The van der Waals surface area contributed by atoms with Crippen LogP contribution >= 0.6 is 0 Å². The summed E-state index contributed by atoms with van der Waals surface area (Å²) in [6.07, 6.45) is 6.56. The molecule has 0 radical (unpaired) electrons. The fourth-order valence-electron chi connectivity index (χ4n) is 3.77. The van der Waals surface area contributed by atoms with Gasteiger partial charge in [0.2, 0.25) is 0 Å². The van der Waals surface area contributed by atoms with Gasteiger partial charge < -0.3 is 5.32 Å². The Labute approximate surface area is 117 Å². The van der Waals surface area contributed by atoms with Crippen LogP contribution in [0.2, 0.25) is 0 Å². The van der Waals surface area contributed by atoms with Gasteiger partial charge in [0, 0.05) is 25.7 Å². The van der Waals surface area contributed by atoms with Gasteiger partial charge in [-0.1, -0.05) is 19.3 Å². The molecule has 1 aliphatic heterocycles. The first-order chi connectivity index (χ1) is 8.96.